The summed E-state index contributed by atoms with van der Waals surface area (Å²) < 4.78 is 0. The molecule has 1 atom stereocenters. The molecule has 2 heterocycles. The molecule has 2 rings (SSSR count). The van der Waals surface area contributed by atoms with Gasteiger partial charge in [0, 0.05) is 6.54 Å². The van der Waals surface area contributed by atoms with E-state index in [0.29, 0.717) is 5.41 Å². The molecular weight excluding hydrogens is 220 g/mol. The molecule has 2 aliphatic heterocycles. The summed E-state index contributed by atoms with van der Waals surface area (Å²) in [5.41, 5.74) is 0.685. The SMILES string of the molecule is CC.CCC1(CC)CCN(CC2CCNC2)CC1. The molecule has 18 heavy (non-hydrogen) atoms. The van der Waals surface area contributed by atoms with Crippen LogP contribution in [0.4, 0.5) is 0 Å². The Morgan fingerprint density at radius 3 is 2.17 bits per heavy atom. The lowest BCUT2D eigenvalue weighted by molar-refractivity contribution is 0.0862. The summed E-state index contributed by atoms with van der Waals surface area (Å²) in [7, 11) is 0. The van der Waals surface area contributed by atoms with Crippen molar-refractivity contribution in [3.63, 3.8) is 0 Å². The monoisotopic (exact) mass is 254 g/mol. The molecular formula is C16H34N2. The molecule has 0 bridgehead atoms. The Morgan fingerprint density at radius 2 is 1.72 bits per heavy atom. The number of hydrogen-bond donors (Lipinski definition) is 1. The normalized spacial score (nSPS) is 27.7. The van der Waals surface area contributed by atoms with Gasteiger partial charge in [-0.2, -0.15) is 0 Å². The number of piperidine rings is 1. The predicted molar refractivity (Wildman–Crippen MR) is 81.0 cm³/mol. The summed E-state index contributed by atoms with van der Waals surface area (Å²) in [6.07, 6.45) is 7.01. The van der Waals surface area contributed by atoms with Crippen LogP contribution in [0, 0.1) is 11.3 Å². The predicted octanol–water partition coefficient (Wildman–Crippen LogP) is 3.52. The first kappa shape index (κ1) is 16.0. The Morgan fingerprint density at radius 1 is 1.11 bits per heavy atom. The minimum atomic E-state index is 0.685. The van der Waals surface area contributed by atoms with Gasteiger partial charge in [0.05, 0.1) is 0 Å². The Labute approximate surface area is 115 Å². The number of nitrogens with one attached hydrogen (secondary N) is 1. The maximum Gasteiger partial charge on any atom is 0.00223 e. The van der Waals surface area contributed by atoms with Gasteiger partial charge >= 0.3 is 0 Å². The maximum absolute atomic E-state index is 3.47. The van der Waals surface area contributed by atoms with Gasteiger partial charge in [-0.3, -0.25) is 0 Å². The van der Waals surface area contributed by atoms with Crippen LogP contribution in [0.3, 0.4) is 0 Å². The average Bonchev–Trinajstić information content (AvgIpc) is 2.95. The summed E-state index contributed by atoms with van der Waals surface area (Å²) >= 11 is 0. The molecule has 2 nitrogen and oxygen atoms in total. The molecule has 1 unspecified atom stereocenters. The molecule has 0 spiro atoms. The largest absolute Gasteiger partial charge is 0.316 e. The third-order valence-electron chi connectivity index (χ3n) is 5.10. The van der Waals surface area contributed by atoms with Gasteiger partial charge in [0.25, 0.3) is 0 Å². The van der Waals surface area contributed by atoms with E-state index in [1.165, 1.54) is 64.8 Å². The van der Waals surface area contributed by atoms with Crippen LogP contribution in [0.15, 0.2) is 0 Å². The zero-order valence-corrected chi connectivity index (χ0v) is 13.1. The number of likely N-dealkylation sites (tertiary alicyclic amines) is 1. The van der Waals surface area contributed by atoms with Crippen LogP contribution < -0.4 is 5.32 Å². The van der Waals surface area contributed by atoms with Crippen LogP contribution in [0.1, 0.15) is 59.8 Å². The average molecular weight is 254 g/mol. The molecule has 0 amide bonds. The topological polar surface area (TPSA) is 15.3 Å². The van der Waals surface area contributed by atoms with Gasteiger partial charge in [-0.1, -0.05) is 40.5 Å². The van der Waals surface area contributed by atoms with Crippen molar-refractivity contribution in [1.82, 2.24) is 10.2 Å². The first-order chi connectivity index (χ1) is 8.78. The zero-order valence-electron chi connectivity index (χ0n) is 13.1. The highest BCUT2D eigenvalue weighted by molar-refractivity contribution is 4.85. The second kappa shape index (κ2) is 8.16. The van der Waals surface area contributed by atoms with Crippen LogP contribution in [0.25, 0.3) is 0 Å². The van der Waals surface area contributed by atoms with E-state index in [4.69, 9.17) is 0 Å². The van der Waals surface area contributed by atoms with Crippen LogP contribution in [-0.2, 0) is 0 Å². The molecule has 0 aromatic carbocycles. The lowest BCUT2D eigenvalue weighted by Crippen LogP contribution is -2.42. The highest BCUT2D eigenvalue weighted by Gasteiger charge is 2.31. The van der Waals surface area contributed by atoms with Crippen molar-refractivity contribution in [3.05, 3.63) is 0 Å². The minimum Gasteiger partial charge on any atom is -0.316 e. The molecule has 2 heteroatoms. The second-order valence-corrected chi connectivity index (χ2v) is 5.87. The fourth-order valence-corrected chi connectivity index (χ4v) is 3.40. The molecule has 0 radical (unpaired) electrons. The van der Waals surface area contributed by atoms with Gasteiger partial charge in [0.2, 0.25) is 0 Å². The van der Waals surface area contributed by atoms with Crippen molar-refractivity contribution in [2.75, 3.05) is 32.7 Å². The lowest BCUT2D eigenvalue weighted by Gasteiger charge is -2.41. The lowest BCUT2D eigenvalue weighted by atomic mass is 9.74. The van der Waals surface area contributed by atoms with E-state index in [1.807, 2.05) is 13.8 Å². The molecule has 0 aromatic heterocycles. The summed E-state index contributed by atoms with van der Waals surface area (Å²) in [5, 5.41) is 3.47. The van der Waals surface area contributed by atoms with E-state index >= 15 is 0 Å². The summed E-state index contributed by atoms with van der Waals surface area (Å²) in [5.74, 6) is 0.927. The molecule has 0 saturated carbocycles. The fraction of sp³-hybridized carbons (Fsp3) is 1.00. The Balaban J connectivity index is 0.000000771. The van der Waals surface area contributed by atoms with E-state index in [9.17, 15) is 0 Å². The Bertz CT molecular complexity index is 195. The highest BCUT2D eigenvalue weighted by Crippen LogP contribution is 2.38. The van der Waals surface area contributed by atoms with Crippen LogP contribution in [0.5, 0.6) is 0 Å². The summed E-state index contributed by atoms with van der Waals surface area (Å²) in [6.45, 7) is 15.3. The van der Waals surface area contributed by atoms with Crippen molar-refractivity contribution >= 4 is 0 Å². The maximum atomic E-state index is 3.47. The molecule has 0 aliphatic carbocycles. The number of nitrogens with zero attached hydrogens (tertiary/aromatic N) is 1. The highest BCUT2D eigenvalue weighted by atomic mass is 15.1. The fourth-order valence-electron chi connectivity index (χ4n) is 3.40. The van der Waals surface area contributed by atoms with E-state index < -0.39 is 0 Å². The van der Waals surface area contributed by atoms with E-state index in [2.05, 4.69) is 24.1 Å². The molecule has 2 fully saturated rings. The number of rotatable bonds is 4. The second-order valence-electron chi connectivity index (χ2n) is 5.87. The first-order valence-electron chi connectivity index (χ1n) is 8.21. The molecule has 2 saturated heterocycles. The van der Waals surface area contributed by atoms with Gasteiger partial charge in [-0.05, 0) is 56.8 Å². The minimum absolute atomic E-state index is 0.685. The van der Waals surface area contributed by atoms with Crippen molar-refractivity contribution in [1.29, 1.82) is 0 Å². The smallest absolute Gasteiger partial charge is 0.00223 e. The summed E-state index contributed by atoms with van der Waals surface area (Å²) in [6, 6.07) is 0. The Hall–Kier alpha value is -0.0800. The number of hydrogen-bond acceptors (Lipinski definition) is 2. The van der Waals surface area contributed by atoms with Gasteiger partial charge in [-0.25, -0.2) is 0 Å². The first-order valence-corrected chi connectivity index (χ1v) is 8.21. The van der Waals surface area contributed by atoms with Crippen molar-refractivity contribution < 1.29 is 0 Å². The van der Waals surface area contributed by atoms with Gasteiger partial charge in [-0.15, -0.1) is 0 Å². The standard InChI is InChI=1S/C14H28N2.C2H6/c1-3-14(4-2)6-9-16(10-7-14)12-13-5-8-15-11-13;1-2/h13,15H,3-12H2,1-2H3;1-2H3. The molecule has 1 N–H and O–H groups in total. The third-order valence-corrected chi connectivity index (χ3v) is 5.10. The quantitative estimate of drug-likeness (QED) is 0.826. The Kier molecular flexibility index (Phi) is 7.25. The summed E-state index contributed by atoms with van der Waals surface area (Å²) in [4.78, 5) is 2.71. The third kappa shape index (κ3) is 4.24. The van der Waals surface area contributed by atoms with Crippen molar-refractivity contribution in [3.8, 4) is 0 Å². The van der Waals surface area contributed by atoms with E-state index in [0.717, 1.165) is 5.92 Å². The van der Waals surface area contributed by atoms with Crippen molar-refractivity contribution in [2.24, 2.45) is 11.3 Å². The van der Waals surface area contributed by atoms with E-state index in [1.54, 1.807) is 0 Å². The van der Waals surface area contributed by atoms with Crippen LogP contribution in [0.2, 0.25) is 0 Å². The van der Waals surface area contributed by atoms with E-state index in [-0.39, 0.29) is 0 Å². The molecule has 108 valence electrons. The zero-order chi connectivity index (χ0) is 13.4. The van der Waals surface area contributed by atoms with Gasteiger partial charge in [0.15, 0.2) is 0 Å². The van der Waals surface area contributed by atoms with Crippen LogP contribution >= 0.6 is 0 Å². The molecule has 0 aromatic rings. The molecule has 2 aliphatic rings. The van der Waals surface area contributed by atoms with Crippen molar-refractivity contribution in [2.45, 2.75) is 59.8 Å². The van der Waals surface area contributed by atoms with Gasteiger partial charge in [0.1, 0.15) is 0 Å². The van der Waals surface area contributed by atoms with Gasteiger partial charge < -0.3 is 10.2 Å². The van der Waals surface area contributed by atoms with Crippen LogP contribution in [-0.4, -0.2) is 37.6 Å².